The Morgan fingerprint density at radius 3 is 2.50 bits per heavy atom. The highest BCUT2D eigenvalue weighted by Gasteiger charge is 2.33. The zero-order chi connectivity index (χ0) is 27.1. The number of carbonyl (C=O) groups excluding carboxylic acids is 1. The van der Waals surface area contributed by atoms with Crippen LogP contribution in [-0.4, -0.2) is 22.2 Å². The van der Waals surface area contributed by atoms with Gasteiger partial charge < -0.3 is 9.30 Å². The molecule has 0 bridgehead atoms. The fourth-order valence-corrected chi connectivity index (χ4v) is 6.21. The molecular weight excluding hydrogens is 541 g/mol. The highest BCUT2D eigenvalue weighted by atomic mass is 35.5. The van der Waals surface area contributed by atoms with Crippen LogP contribution in [-0.2, 0) is 9.53 Å². The zero-order valence-electron chi connectivity index (χ0n) is 21.3. The Bertz CT molecular complexity index is 1780. The molecule has 0 amide bonds. The van der Waals surface area contributed by atoms with E-state index < -0.39 is 12.0 Å². The minimum absolute atomic E-state index is 0.210. The van der Waals surface area contributed by atoms with Gasteiger partial charge in [-0.25, -0.2) is 9.79 Å². The van der Waals surface area contributed by atoms with Crippen LogP contribution in [0, 0.1) is 13.8 Å². The summed E-state index contributed by atoms with van der Waals surface area (Å²) in [6.07, 6.45) is 2.42. The summed E-state index contributed by atoms with van der Waals surface area (Å²) in [4.78, 5) is 32.1. The summed E-state index contributed by atoms with van der Waals surface area (Å²) in [5.41, 5.74) is 5.35. The van der Waals surface area contributed by atoms with Gasteiger partial charge in [-0.15, -0.1) is 0 Å². The number of aromatic nitrogens is 2. The van der Waals surface area contributed by atoms with Crippen molar-refractivity contribution in [1.29, 1.82) is 0 Å². The number of aryl methyl sites for hydroxylation is 1. The first kappa shape index (κ1) is 26.2. The van der Waals surface area contributed by atoms with Crippen LogP contribution < -0.4 is 14.9 Å². The number of hydrogen-bond donors (Lipinski definition) is 0. The van der Waals surface area contributed by atoms with Gasteiger partial charge in [0.05, 0.1) is 39.0 Å². The number of fused-ring (bicyclic) bond motifs is 1. The molecule has 2 aromatic carbocycles. The first-order valence-electron chi connectivity index (χ1n) is 12.1. The number of ether oxygens (including phenoxy) is 1. The number of thiazole rings is 1. The first-order valence-corrected chi connectivity index (χ1v) is 13.6. The SMILES string of the molecule is CCC1=C(C(=O)OC)[C@@H](c2ccccc2)n2c(s/c(=C/c3cc(C)n(-c4ccc(Cl)c(Cl)c4)c3C)c2=O)=N1. The van der Waals surface area contributed by atoms with E-state index in [9.17, 15) is 9.59 Å². The Kier molecular flexibility index (Phi) is 7.18. The van der Waals surface area contributed by atoms with E-state index in [1.807, 2.05) is 75.4 Å². The van der Waals surface area contributed by atoms with Gasteiger partial charge in [-0.1, -0.05) is 71.8 Å². The summed E-state index contributed by atoms with van der Waals surface area (Å²) < 4.78 is 9.33. The number of allylic oxidation sites excluding steroid dienone is 1. The van der Waals surface area contributed by atoms with Gasteiger partial charge in [0.25, 0.3) is 5.56 Å². The molecule has 0 spiro atoms. The highest BCUT2D eigenvalue weighted by molar-refractivity contribution is 7.07. The van der Waals surface area contributed by atoms with Crippen molar-refractivity contribution in [1.82, 2.24) is 9.13 Å². The molecule has 38 heavy (non-hydrogen) atoms. The fraction of sp³-hybridized carbons (Fsp3) is 0.207. The third kappa shape index (κ3) is 4.45. The van der Waals surface area contributed by atoms with Crippen LogP contribution in [0.25, 0.3) is 11.8 Å². The maximum absolute atomic E-state index is 13.9. The monoisotopic (exact) mass is 565 g/mol. The van der Waals surface area contributed by atoms with Crippen LogP contribution in [0.3, 0.4) is 0 Å². The van der Waals surface area contributed by atoms with Crippen LogP contribution in [0.15, 0.2) is 75.7 Å². The van der Waals surface area contributed by atoms with E-state index >= 15 is 0 Å². The number of nitrogens with zero attached hydrogens (tertiary/aromatic N) is 3. The second kappa shape index (κ2) is 10.4. The third-order valence-corrected chi connectivity index (χ3v) is 8.41. The van der Waals surface area contributed by atoms with Crippen LogP contribution in [0.2, 0.25) is 10.0 Å². The Hall–Kier alpha value is -3.39. The van der Waals surface area contributed by atoms with E-state index in [0.717, 1.165) is 28.2 Å². The average Bonchev–Trinajstić information content (AvgIpc) is 3.38. The summed E-state index contributed by atoms with van der Waals surface area (Å²) in [7, 11) is 1.35. The maximum atomic E-state index is 13.9. The lowest BCUT2D eigenvalue weighted by molar-refractivity contribution is -0.136. The number of rotatable bonds is 5. The zero-order valence-corrected chi connectivity index (χ0v) is 23.6. The lowest BCUT2D eigenvalue weighted by Crippen LogP contribution is -2.40. The molecule has 0 radical (unpaired) electrons. The third-order valence-electron chi connectivity index (χ3n) is 6.68. The van der Waals surface area contributed by atoms with Crippen molar-refractivity contribution < 1.29 is 9.53 Å². The van der Waals surface area contributed by atoms with Crippen LogP contribution in [0.1, 0.15) is 41.9 Å². The lowest BCUT2D eigenvalue weighted by Gasteiger charge is -2.25. The van der Waals surface area contributed by atoms with E-state index in [0.29, 0.717) is 37.1 Å². The second-order valence-electron chi connectivity index (χ2n) is 8.96. The Morgan fingerprint density at radius 2 is 1.84 bits per heavy atom. The van der Waals surface area contributed by atoms with Gasteiger partial charge in [0.15, 0.2) is 4.80 Å². The smallest absolute Gasteiger partial charge is 0.338 e. The molecular formula is C29H25Cl2N3O3S. The summed E-state index contributed by atoms with van der Waals surface area (Å²) in [5.74, 6) is -0.487. The van der Waals surface area contributed by atoms with Crippen LogP contribution >= 0.6 is 34.5 Å². The molecule has 4 aromatic rings. The molecule has 0 aliphatic carbocycles. The van der Waals surface area contributed by atoms with Gasteiger partial charge in [0.2, 0.25) is 0 Å². The summed E-state index contributed by atoms with van der Waals surface area (Å²) >= 11 is 13.7. The molecule has 194 valence electrons. The molecule has 0 N–H and O–H groups in total. The van der Waals surface area contributed by atoms with E-state index in [-0.39, 0.29) is 5.56 Å². The van der Waals surface area contributed by atoms with Gasteiger partial charge in [0, 0.05) is 17.1 Å². The topological polar surface area (TPSA) is 65.6 Å². The quantitative estimate of drug-likeness (QED) is 0.299. The Morgan fingerprint density at radius 1 is 1.11 bits per heavy atom. The number of carbonyl (C=O) groups is 1. The maximum Gasteiger partial charge on any atom is 0.338 e. The van der Waals surface area contributed by atoms with E-state index in [2.05, 4.69) is 4.57 Å². The lowest BCUT2D eigenvalue weighted by atomic mass is 9.95. The molecule has 2 aromatic heterocycles. The predicted octanol–water partition coefficient (Wildman–Crippen LogP) is 5.51. The normalized spacial score (nSPS) is 15.4. The Balaban J connectivity index is 1.71. The molecule has 1 aliphatic heterocycles. The van der Waals surface area contributed by atoms with Crippen LogP contribution in [0.5, 0.6) is 0 Å². The fourth-order valence-electron chi connectivity index (χ4n) is 4.91. The molecule has 9 heteroatoms. The van der Waals surface area contributed by atoms with Crippen molar-refractivity contribution >= 4 is 46.6 Å². The molecule has 0 unspecified atom stereocenters. The van der Waals surface area contributed by atoms with Crippen molar-refractivity contribution in [3.8, 4) is 5.69 Å². The van der Waals surface area contributed by atoms with E-state index in [1.165, 1.54) is 18.4 Å². The standard InChI is InChI=1S/C29H25Cl2N3O3S/c1-5-23-25(28(36)37-4)26(18-9-7-6-8-10-18)34-27(35)24(38-29(34)32-23)14-19-13-16(2)33(17(19)3)20-11-12-21(30)22(31)15-20/h6-15,26H,5H2,1-4H3/b24-14+/t26-/m1/s1. The number of halogens is 2. The average molecular weight is 567 g/mol. The molecule has 5 rings (SSSR count). The van der Waals surface area contributed by atoms with Gasteiger partial charge in [-0.2, -0.15) is 0 Å². The molecule has 0 saturated heterocycles. The van der Waals surface area contributed by atoms with Gasteiger partial charge in [-0.3, -0.25) is 9.36 Å². The van der Waals surface area contributed by atoms with Gasteiger partial charge in [-0.05, 0) is 61.7 Å². The second-order valence-corrected chi connectivity index (χ2v) is 10.8. The summed E-state index contributed by atoms with van der Waals surface area (Å²) in [5, 5.41) is 0.963. The van der Waals surface area contributed by atoms with Crippen molar-refractivity contribution in [2.45, 2.75) is 33.2 Å². The predicted molar refractivity (Wildman–Crippen MR) is 152 cm³/mol. The Labute approximate surface area is 233 Å². The molecule has 0 saturated carbocycles. The molecule has 1 aliphatic rings. The highest BCUT2D eigenvalue weighted by Crippen LogP contribution is 2.32. The number of esters is 1. The molecule has 1 atom stereocenters. The molecule has 6 nitrogen and oxygen atoms in total. The van der Waals surface area contributed by atoms with Gasteiger partial charge >= 0.3 is 5.97 Å². The van der Waals surface area contributed by atoms with E-state index in [1.54, 1.807) is 10.6 Å². The minimum Gasteiger partial charge on any atom is -0.466 e. The van der Waals surface area contributed by atoms with Crippen LogP contribution in [0.4, 0.5) is 0 Å². The summed E-state index contributed by atoms with van der Waals surface area (Å²) in [6.45, 7) is 5.94. The largest absolute Gasteiger partial charge is 0.466 e. The molecule has 0 fully saturated rings. The van der Waals surface area contributed by atoms with Gasteiger partial charge in [0.1, 0.15) is 0 Å². The van der Waals surface area contributed by atoms with E-state index in [4.69, 9.17) is 32.9 Å². The first-order chi connectivity index (χ1) is 18.2. The van der Waals surface area contributed by atoms with Crippen molar-refractivity contribution in [3.05, 3.63) is 118 Å². The molecule has 3 heterocycles. The number of methoxy groups -OCH3 is 1. The number of benzene rings is 2. The number of hydrogen-bond acceptors (Lipinski definition) is 5. The summed E-state index contributed by atoms with van der Waals surface area (Å²) in [6, 6.07) is 16.4. The van der Waals surface area contributed by atoms with Crippen molar-refractivity contribution in [2.24, 2.45) is 4.99 Å². The minimum atomic E-state index is -0.624. The van der Waals surface area contributed by atoms with Crippen molar-refractivity contribution in [3.63, 3.8) is 0 Å². The van der Waals surface area contributed by atoms with Crippen molar-refractivity contribution in [2.75, 3.05) is 7.11 Å².